The van der Waals surface area contributed by atoms with E-state index in [-0.39, 0.29) is 23.9 Å². The monoisotopic (exact) mass is 292 g/mol. The molecule has 5 nitrogen and oxygen atoms in total. The van der Waals surface area contributed by atoms with E-state index in [4.69, 9.17) is 4.74 Å². The van der Waals surface area contributed by atoms with Crippen molar-refractivity contribution in [2.24, 2.45) is 0 Å². The van der Waals surface area contributed by atoms with Crippen LogP contribution < -0.4 is 5.32 Å². The Morgan fingerprint density at radius 1 is 1.38 bits per heavy atom. The van der Waals surface area contributed by atoms with Crippen molar-refractivity contribution < 1.29 is 14.6 Å². The number of hydrogen-bond donors (Lipinski definition) is 2. The van der Waals surface area contributed by atoms with E-state index in [1.54, 1.807) is 12.1 Å². The number of phenolic OH excluding ortho intramolecular Hbond substituents is 1. The van der Waals surface area contributed by atoms with Crippen LogP contribution in [0.2, 0.25) is 0 Å². The smallest absolute Gasteiger partial charge is 0.317 e. The predicted molar refractivity (Wildman–Crippen MR) is 81.4 cm³/mol. The van der Waals surface area contributed by atoms with Crippen LogP contribution in [0.3, 0.4) is 0 Å². The highest BCUT2D eigenvalue weighted by Gasteiger charge is 2.28. The molecule has 0 aliphatic carbocycles. The third-order valence-corrected chi connectivity index (χ3v) is 4.00. The molecule has 2 N–H and O–H groups in total. The fraction of sp³-hybridized carbons (Fsp3) is 0.562. The Balaban J connectivity index is 1.70. The van der Waals surface area contributed by atoms with Gasteiger partial charge >= 0.3 is 6.03 Å². The van der Waals surface area contributed by atoms with Gasteiger partial charge in [0.05, 0.1) is 18.8 Å². The zero-order chi connectivity index (χ0) is 15.2. The van der Waals surface area contributed by atoms with E-state index >= 15 is 0 Å². The number of amides is 2. The van der Waals surface area contributed by atoms with Gasteiger partial charge in [-0.2, -0.15) is 0 Å². The SMILES string of the molecule is C[C@@H]1[C@@H](C)OCCN1C(=O)NCCCc1ccc(O)cc1. The fourth-order valence-corrected chi connectivity index (χ4v) is 2.47. The summed E-state index contributed by atoms with van der Waals surface area (Å²) in [5, 5.41) is 12.2. The Bertz CT molecular complexity index is 461. The van der Waals surface area contributed by atoms with E-state index in [1.165, 1.54) is 0 Å². The summed E-state index contributed by atoms with van der Waals surface area (Å²) in [6, 6.07) is 7.28. The lowest BCUT2D eigenvalue weighted by Gasteiger charge is -2.37. The number of carbonyl (C=O) groups excluding carboxylic acids is 1. The molecule has 1 heterocycles. The van der Waals surface area contributed by atoms with Crippen molar-refractivity contribution in [2.75, 3.05) is 19.7 Å². The van der Waals surface area contributed by atoms with Gasteiger partial charge in [-0.25, -0.2) is 4.79 Å². The molecule has 1 aromatic rings. The Morgan fingerprint density at radius 3 is 2.81 bits per heavy atom. The minimum Gasteiger partial charge on any atom is -0.508 e. The van der Waals surface area contributed by atoms with Crippen molar-refractivity contribution in [3.05, 3.63) is 29.8 Å². The fourth-order valence-electron chi connectivity index (χ4n) is 2.47. The summed E-state index contributed by atoms with van der Waals surface area (Å²) in [4.78, 5) is 14.0. The number of hydrogen-bond acceptors (Lipinski definition) is 3. The van der Waals surface area contributed by atoms with Crippen LogP contribution in [-0.4, -0.2) is 47.9 Å². The molecule has 2 atom stereocenters. The van der Waals surface area contributed by atoms with Crippen LogP contribution in [-0.2, 0) is 11.2 Å². The van der Waals surface area contributed by atoms with Crippen molar-refractivity contribution in [2.45, 2.75) is 38.8 Å². The molecule has 2 rings (SSSR count). The predicted octanol–water partition coefficient (Wildman–Crippen LogP) is 2.14. The zero-order valence-corrected chi connectivity index (χ0v) is 12.7. The summed E-state index contributed by atoms with van der Waals surface area (Å²) < 4.78 is 5.52. The maximum atomic E-state index is 12.1. The number of rotatable bonds is 4. The van der Waals surface area contributed by atoms with Gasteiger partial charge < -0.3 is 20.1 Å². The number of phenols is 1. The van der Waals surface area contributed by atoms with Crippen molar-refractivity contribution in [3.63, 3.8) is 0 Å². The second-order valence-corrected chi connectivity index (χ2v) is 5.51. The maximum absolute atomic E-state index is 12.1. The number of morpholine rings is 1. The molecule has 21 heavy (non-hydrogen) atoms. The lowest BCUT2D eigenvalue weighted by Crippen LogP contribution is -2.54. The van der Waals surface area contributed by atoms with Gasteiger partial charge in [0.2, 0.25) is 0 Å². The van der Waals surface area contributed by atoms with E-state index in [9.17, 15) is 9.90 Å². The first-order valence-corrected chi connectivity index (χ1v) is 7.52. The second-order valence-electron chi connectivity index (χ2n) is 5.51. The van der Waals surface area contributed by atoms with Gasteiger partial charge in [0.1, 0.15) is 5.75 Å². The number of carbonyl (C=O) groups is 1. The quantitative estimate of drug-likeness (QED) is 0.836. The number of nitrogens with one attached hydrogen (secondary N) is 1. The van der Waals surface area contributed by atoms with Crippen molar-refractivity contribution in [1.82, 2.24) is 10.2 Å². The Labute approximate surface area is 125 Å². The van der Waals surface area contributed by atoms with Crippen molar-refractivity contribution >= 4 is 6.03 Å². The lowest BCUT2D eigenvalue weighted by molar-refractivity contribution is -0.0375. The molecule has 1 fully saturated rings. The average molecular weight is 292 g/mol. The Morgan fingerprint density at radius 2 is 2.10 bits per heavy atom. The van der Waals surface area contributed by atoms with Gasteiger partial charge in [0.15, 0.2) is 0 Å². The van der Waals surface area contributed by atoms with Gasteiger partial charge in [0.25, 0.3) is 0 Å². The minimum absolute atomic E-state index is 0.0108. The van der Waals surface area contributed by atoms with E-state index in [0.717, 1.165) is 18.4 Å². The summed E-state index contributed by atoms with van der Waals surface area (Å²) in [5.41, 5.74) is 1.16. The number of urea groups is 1. The molecule has 0 saturated carbocycles. The summed E-state index contributed by atoms with van der Waals surface area (Å²) >= 11 is 0. The van der Waals surface area contributed by atoms with Crippen molar-refractivity contribution in [3.8, 4) is 5.75 Å². The van der Waals surface area contributed by atoms with Crippen LogP contribution in [0.4, 0.5) is 4.79 Å². The summed E-state index contributed by atoms with van der Waals surface area (Å²) in [5.74, 6) is 0.280. The first-order valence-electron chi connectivity index (χ1n) is 7.52. The topological polar surface area (TPSA) is 61.8 Å². The number of benzene rings is 1. The number of aromatic hydroxyl groups is 1. The standard InChI is InChI=1S/C16H24N2O3/c1-12-13(2)21-11-10-18(12)16(20)17-9-3-4-14-5-7-15(19)8-6-14/h5-8,12-13,19H,3-4,9-11H2,1-2H3,(H,17,20)/t12-,13-/m1/s1. The minimum atomic E-state index is -0.0108. The molecule has 1 aliphatic rings. The molecule has 2 amide bonds. The molecular weight excluding hydrogens is 268 g/mol. The van der Waals surface area contributed by atoms with Gasteiger partial charge in [0, 0.05) is 13.1 Å². The number of aryl methyl sites for hydroxylation is 1. The van der Waals surface area contributed by atoms with Gasteiger partial charge in [-0.1, -0.05) is 12.1 Å². The van der Waals surface area contributed by atoms with E-state index in [2.05, 4.69) is 5.32 Å². The first kappa shape index (κ1) is 15.6. The van der Waals surface area contributed by atoms with Gasteiger partial charge in [-0.05, 0) is 44.4 Å². The van der Waals surface area contributed by atoms with Crippen LogP contribution in [0.1, 0.15) is 25.8 Å². The molecule has 1 aliphatic heterocycles. The first-order chi connectivity index (χ1) is 10.1. The highest BCUT2D eigenvalue weighted by molar-refractivity contribution is 5.74. The average Bonchev–Trinajstić information content (AvgIpc) is 2.48. The van der Waals surface area contributed by atoms with Crippen LogP contribution in [0, 0.1) is 0 Å². The molecule has 5 heteroatoms. The molecule has 1 saturated heterocycles. The summed E-state index contributed by atoms with van der Waals surface area (Å²) in [6.07, 6.45) is 1.85. The number of ether oxygens (including phenoxy) is 1. The summed E-state index contributed by atoms with van der Waals surface area (Å²) in [7, 11) is 0. The highest BCUT2D eigenvalue weighted by Crippen LogP contribution is 2.13. The molecule has 0 bridgehead atoms. The van der Waals surface area contributed by atoms with Crippen molar-refractivity contribution in [1.29, 1.82) is 0 Å². The highest BCUT2D eigenvalue weighted by atomic mass is 16.5. The molecule has 0 radical (unpaired) electrons. The third kappa shape index (κ3) is 4.36. The molecule has 0 spiro atoms. The Kier molecular flexibility index (Phi) is 5.44. The molecular formula is C16H24N2O3. The molecule has 0 unspecified atom stereocenters. The van der Waals surface area contributed by atoms with Crippen LogP contribution in [0.5, 0.6) is 5.75 Å². The van der Waals surface area contributed by atoms with Crippen LogP contribution in [0.25, 0.3) is 0 Å². The largest absolute Gasteiger partial charge is 0.508 e. The van der Waals surface area contributed by atoms with Gasteiger partial charge in [-0.3, -0.25) is 0 Å². The molecule has 0 aromatic heterocycles. The lowest BCUT2D eigenvalue weighted by atomic mass is 10.1. The van der Waals surface area contributed by atoms with E-state index in [1.807, 2.05) is 30.9 Å². The molecule has 1 aromatic carbocycles. The van der Waals surface area contributed by atoms with Crippen LogP contribution in [0.15, 0.2) is 24.3 Å². The normalized spacial score (nSPS) is 22.1. The second kappa shape index (κ2) is 7.31. The summed E-state index contributed by atoms with van der Waals surface area (Å²) in [6.45, 7) is 5.91. The van der Waals surface area contributed by atoms with E-state index in [0.29, 0.717) is 19.7 Å². The van der Waals surface area contributed by atoms with E-state index < -0.39 is 0 Å². The Hall–Kier alpha value is -1.75. The van der Waals surface area contributed by atoms with Gasteiger partial charge in [-0.15, -0.1) is 0 Å². The third-order valence-electron chi connectivity index (χ3n) is 4.00. The zero-order valence-electron chi connectivity index (χ0n) is 12.7. The maximum Gasteiger partial charge on any atom is 0.317 e. The number of nitrogens with zero attached hydrogens (tertiary/aromatic N) is 1. The molecule has 116 valence electrons. The van der Waals surface area contributed by atoms with Crippen LogP contribution >= 0.6 is 0 Å².